The average molecular weight is 359 g/mol. The Kier molecular flexibility index (Phi) is 4.71. The van der Waals surface area contributed by atoms with Crippen LogP contribution < -0.4 is 15.0 Å². The molecule has 1 aromatic carbocycles. The van der Waals surface area contributed by atoms with E-state index >= 15 is 0 Å². The molecule has 1 N–H and O–H groups in total. The fraction of sp³-hybridized carbons (Fsp3) is 0.235. The van der Waals surface area contributed by atoms with Gasteiger partial charge in [-0.3, -0.25) is 4.79 Å². The van der Waals surface area contributed by atoms with Crippen molar-refractivity contribution in [1.29, 1.82) is 0 Å². The van der Waals surface area contributed by atoms with E-state index in [0.29, 0.717) is 15.8 Å². The van der Waals surface area contributed by atoms with Crippen LogP contribution in [0.15, 0.2) is 34.4 Å². The zero-order valence-corrected chi connectivity index (χ0v) is 14.8. The third-order valence-corrected chi connectivity index (χ3v) is 4.86. The minimum Gasteiger partial charge on any atom is -0.502 e. The molecule has 0 bridgehead atoms. The summed E-state index contributed by atoms with van der Waals surface area (Å²) in [5.74, 6) is 0.423. The van der Waals surface area contributed by atoms with Crippen LogP contribution in [0.4, 0.5) is 0 Å². The van der Waals surface area contributed by atoms with Gasteiger partial charge in [-0.1, -0.05) is 6.92 Å². The molecule has 130 valence electrons. The number of aryl methyl sites for hydroxylation is 1. The number of ether oxygens (including phenoxy) is 2. The second kappa shape index (κ2) is 6.94. The highest BCUT2D eigenvalue weighted by molar-refractivity contribution is 7.18. The van der Waals surface area contributed by atoms with Crippen molar-refractivity contribution in [3.8, 4) is 17.2 Å². The van der Waals surface area contributed by atoms with Gasteiger partial charge in [0.2, 0.25) is 5.75 Å². The maximum absolute atomic E-state index is 12.5. The summed E-state index contributed by atoms with van der Waals surface area (Å²) in [7, 11) is 2.89. The number of benzene rings is 1. The molecule has 8 heteroatoms. The van der Waals surface area contributed by atoms with Gasteiger partial charge in [-0.25, -0.2) is 4.98 Å². The van der Waals surface area contributed by atoms with E-state index in [0.717, 1.165) is 11.3 Å². The number of aromatic nitrogens is 2. The fourth-order valence-electron chi connectivity index (χ4n) is 2.34. The molecule has 0 spiro atoms. The van der Waals surface area contributed by atoms with Crippen molar-refractivity contribution >= 4 is 27.8 Å². The Morgan fingerprint density at radius 3 is 2.56 bits per heavy atom. The highest BCUT2D eigenvalue weighted by Crippen LogP contribution is 2.36. The number of hydrogen-bond donors (Lipinski definition) is 1. The fourth-order valence-corrected chi connectivity index (χ4v) is 3.26. The smallest absolute Gasteiger partial charge is 0.282 e. The normalized spacial score (nSPS) is 11.3. The standard InChI is InChI=1S/C17H17N3O4S/c1-4-11-7-12-16(25-11)18-9-20(17(12)22)19-8-10-5-13(23-2)15(21)14(6-10)24-3/h5-9,21H,4H2,1-3H3/b19-8+. The summed E-state index contributed by atoms with van der Waals surface area (Å²) in [6.45, 7) is 2.03. The van der Waals surface area contributed by atoms with E-state index in [1.54, 1.807) is 12.1 Å². The molecule has 25 heavy (non-hydrogen) atoms. The van der Waals surface area contributed by atoms with E-state index in [9.17, 15) is 9.90 Å². The van der Waals surface area contributed by atoms with Gasteiger partial charge in [0.1, 0.15) is 11.2 Å². The molecule has 0 amide bonds. The van der Waals surface area contributed by atoms with Crippen LogP contribution in [0.3, 0.4) is 0 Å². The van der Waals surface area contributed by atoms with Crippen LogP contribution in [0.25, 0.3) is 10.2 Å². The summed E-state index contributed by atoms with van der Waals surface area (Å²) >= 11 is 1.51. The lowest BCUT2D eigenvalue weighted by Crippen LogP contribution is -2.16. The zero-order valence-electron chi connectivity index (χ0n) is 14.0. The van der Waals surface area contributed by atoms with Gasteiger partial charge in [0.05, 0.1) is 25.8 Å². The monoisotopic (exact) mass is 359 g/mol. The number of fused-ring (bicyclic) bond motifs is 1. The Bertz CT molecular complexity index is 982. The van der Waals surface area contributed by atoms with E-state index < -0.39 is 0 Å². The van der Waals surface area contributed by atoms with E-state index in [1.807, 2.05) is 13.0 Å². The third kappa shape index (κ3) is 3.20. The largest absolute Gasteiger partial charge is 0.502 e. The summed E-state index contributed by atoms with van der Waals surface area (Å²) in [4.78, 5) is 18.6. The lowest BCUT2D eigenvalue weighted by molar-refractivity contribution is 0.340. The SMILES string of the molecule is CCc1cc2c(=O)n(/N=C/c3cc(OC)c(O)c(OC)c3)cnc2s1. The number of rotatable bonds is 5. The first-order valence-electron chi connectivity index (χ1n) is 7.56. The highest BCUT2D eigenvalue weighted by Gasteiger charge is 2.11. The number of hydrogen-bond acceptors (Lipinski definition) is 7. The predicted molar refractivity (Wildman–Crippen MR) is 97.5 cm³/mol. The van der Waals surface area contributed by atoms with Crippen molar-refractivity contribution in [1.82, 2.24) is 9.66 Å². The summed E-state index contributed by atoms with van der Waals surface area (Å²) < 4.78 is 11.4. The van der Waals surface area contributed by atoms with Gasteiger partial charge in [0.25, 0.3) is 5.56 Å². The molecule has 0 fully saturated rings. The van der Waals surface area contributed by atoms with E-state index in [-0.39, 0.29) is 22.8 Å². The highest BCUT2D eigenvalue weighted by atomic mass is 32.1. The molecule has 3 rings (SSSR count). The molecule has 0 atom stereocenters. The Hall–Kier alpha value is -2.87. The number of aromatic hydroxyl groups is 1. The van der Waals surface area contributed by atoms with Gasteiger partial charge >= 0.3 is 0 Å². The van der Waals surface area contributed by atoms with Crippen LogP contribution in [0, 0.1) is 0 Å². The van der Waals surface area contributed by atoms with Crippen LogP contribution >= 0.6 is 11.3 Å². The minimum atomic E-state index is -0.227. The Morgan fingerprint density at radius 1 is 1.28 bits per heavy atom. The van der Waals surface area contributed by atoms with Gasteiger partial charge in [-0.15, -0.1) is 11.3 Å². The van der Waals surface area contributed by atoms with Crippen LogP contribution in [0.1, 0.15) is 17.4 Å². The van der Waals surface area contributed by atoms with Crippen molar-refractivity contribution < 1.29 is 14.6 Å². The molecule has 0 radical (unpaired) electrons. The van der Waals surface area contributed by atoms with Crippen molar-refractivity contribution in [2.45, 2.75) is 13.3 Å². The first kappa shape index (κ1) is 17.0. The third-order valence-electron chi connectivity index (χ3n) is 3.67. The molecule has 0 saturated heterocycles. The topological polar surface area (TPSA) is 85.9 Å². The molecular weight excluding hydrogens is 342 g/mol. The number of phenolic OH excluding ortho intramolecular Hbond substituents is 1. The summed E-state index contributed by atoms with van der Waals surface area (Å²) in [6, 6.07) is 5.05. The number of phenols is 1. The Balaban J connectivity index is 2.01. The molecular formula is C17H17N3O4S. The second-order valence-electron chi connectivity index (χ2n) is 5.20. The van der Waals surface area contributed by atoms with E-state index in [2.05, 4.69) is 10.1 Å². The van der Waals surface area contributed by atoms with Crippen molar-refractivity contribution in [3.05, 3.63) is 45.3 Å². The molecule has 3 aromatic rings. The van der Waals surface area contributed by atoms with Crippen LogP contribution in [-0.2, 0) is 6.42 Å². The van der Waals surface area contributed by atoms with Crippen LogP contribution in [-0.4, -0.2) is 35.2 Å². The van der Waals surface area contributed by atoms with Crippen LogP contribution in [0.5, 0.6) is 17.2 Å². The maximum atomic E-state index is 12.5. The van der Waals surface area contributed by atoms with Crippen molar-refractivity contribution in [3.63, 3.8) is 0 Å². The zero-order chi connectivity index (χ0) is 18.0. The Morgan fingerprint density at radius 2 is 1.96 bits per heavy atom. The lowest BCUT2D eigenvalue weighted by Gasteiger charge is -2.09. The molecule has 0 aliphatic rings. The molecule has 0 unspecified atom stereocenters. The summed E-state index contributed by atoms with van der Waals surface area (Å²) in [5, 5.41) is 14.7. The molecule has 7 nitrogen and oxygen atoms in total. The first-order chi connectivity index (χ1) is 12.1. The summed E-state index contributed by atoms with van der Waals surface area (Å²) in [5.41, 5.74) is 0.382. The van der Waals surface area contributed by atoms with Gasteiger partial charge in [-0.05, 0) is 24.6 Å². The summed E-state index contributed by atoms with van der Waals surface area (Å²) in [6.07, 6.45) is 3.73. The van der Waals surface area contributed by atoms with Gasteiger partial charge in [-0.2, -0.15) is 9.78 Å². The molecule has 0 aliphatic heterocycles. The van der Waals surface area contributed by atoms with Gasteiger partial charge in [0.15, 0.2) is 11.5 Å². The maximum Gasteiger partial charge on any atom is 0.282 e. The van der Waals surface area contributed by atoms with Crippen molar-refractivity contribution in [2.24, 2.45) is 5.10 Å². The second-order valence-corrected chi connectivity index (χ2v) is 6.31. The quantitative estimate of drug-likeness (QED) is 0.708. The Labute approximate surface area is 147 Å². The van der Waals surface area contributed by atoms with Crippen molar-refractivity contribution in [2.75, 3.05) is 14.2 Å². The molecule has 2 aromatic heterocycles. The van der Waals surface area contributed by atoms with E-state index in [1.165, 1.54) is 42.8 Å². The number of methoxy groups -OCH3 is 2. The first-order valence-corrected chi connectivity index (χ1v) is 8.38. The number of nitrogens with zero attached hydrogens (tertiary/aromatic N) is 3. The molecule has 0 saturated carbocycles. The molecule has 0 aliphatic carbocycles. The van der Waals surface area contributed by atoms with Gasteiger partial charge < -0.3 is 14.6 Å². The lowest BCUT2D eigenvalue weighted by atomic mass is 10.2. The van der Waals surface area contributed by atoms with Crippen LogP contribution in [0.2, 0.25) is 0 Å². The average Bonchev–Trinajstić information content (AvgIpc) is 3.06. The molecule has 2 heterocycles. The van der Waals surface area contributed by atoms with Gasteiger partial charge in [0, 0.05) is 10.4 Å². The van der Waals surface area contributed by atoms with E-state index in [4.69, 9.17) is 9.47 Å². The number of thiophene rings is 1. The minimum absolute atomic E-state index is 0.0900. The predicted octanol–water partition coefficient (Wildman–Crippen LogP) is 2.63.